The summed E-state index contributed by atoms with van der Waals surface area (Å²) in [5.41, 5.74) is 8.78. The third kappa shape index (κ3) is 2.90. The van der Waals surface area contributed by atoms with Crippen LogP contribution in [0.1, 0.15) is 22.7 Å². The number of hydrogen-bond donors (Lipinski definition) is 1. The fraction of sp³-hybridized carbons (Fsp3) is 0.231. The average molecular weight is 253 g/mol. The van der Waals surface area contributed by atoms with Crippen LogP contribution in [0.2, 0.25) is 0 Å². The van der Waals surface area contributed by atoms with Gasteiger partial charge in [0.15, 0.2) is 0 Å². The quantitative estimate of drug-likeness (QED) is 0.889. The number of nitrogens with two attached hydrogens (primary N) is 1. The van der Waals surface area contributed by atoms with Crippen molar-refractivity contribution < 1.29 is 8.78 Å². The second kappa shape index (κ2) is 4.94. The van der Waals surface area contributed by atoms with Crippen LogP contribution in [-0.2, 0) is 6.42 Å². The highest BCUT2D eigenvalue weighted by molar-refractivity contribution is 7.08. The van der Waals surface area contributed by atoms with E-state index in [0.29, 0.717) is 12.0 Å². The van der Waals surface area contributed by atoms with E-state index < -0.39 is 11.6 Å². The van der Waals surface area contributed by atoms with Crippen LogP contribution in [0.15, 0.2) is 29.0 Å². The minimum absolute atomic E-state index is 0.220. The molecule has 0 bridgehead atoms. The van der Waals surface area contributed by atoms with E-state index in [4.69, 9.17) is 5.73 Å². The number of aryl methyl sites for hydroxylation is 1. The van der Waals surface area contributed by atoms with Gasteiger partial charge in [0, 0.05) is 12.1 Å². The average Bonchev–Trinajstić information content (AvgIpc) is 2.62. The Morgan fingerprint density at radius 1 is 1.18 bits per heavy atom. The number of rotatable bonds is 3. The molecule has 0 radical (unpaired) electrons. The van der Waals surface area contributed by atoms with Crippen LogP contribution in [0.3, 0.4) is 0 Å². The van der Waals surface area contributed by atoms with E-state index in [1.807, 2.05) is 17.7 Å². The van der Waals surface area contributed by atoms with Crippen molar-refractivity contribution in [2.45, 2.75) is 19.4 Å². The van der Waals surface area contributed by atoms with Crippen molar-refractivity contribution in [1.29, 1.82) is 0 Å². The summed E-state index contributed by atoms with van der Waals surface area (Å²) in [6.07, 6.45) is 0.437. The highest BCUT2D eigenvalue weighted by atomic mass is 32.1. The molecule has 1 aromatic carbocycles. The molecule has 4 heteroatoms. The van der Waals surface area contributed by atoms with Crippen molar-refractivity contribution in [3.8, 4) is 0 Å². The van der Waals surface area contributed by atoms with Gasteiger partial charge in [-0.1, -0.05) is 0 Å². The predicted molar refractivity (Wildman–Crippen MR) is 66.0 cm³/mol. The van der Waals surface area contributed by atoms with Gasteiger partial charge in [0.2, 0.25) is 0 Å². The third-order valence-electron chi connectivity index (χ3n) is 2.67. The molecule has 0 amide bonds. The molecule has 2 aromatic rings. The normalized spacial score (nSPS) is 12.7. The van der Waals surface area contributed by atoms with Crippen LogP contribution in [0.25, 0.3) is 0 Å². The van der Waals surface area contributed by atoms with Crippen LogP contribution < -0.4 is 5.73 Å². The van der Waals surface area contributed by atoms with Crippen molar-refractivity contribution >= 4 is 11.3 Å². The van der Waals surface area contributed by atoms with Crippen molar-refractivity contribution in [3.05, 3.63) is 57.3 Å². The van der Waals surface area contributed by atoms with Gasteiger partial charge in [0.25, 0.3) is 0 Å². The maximum atomic E-state index is 13.0. The lowest BCUT2D eigenvalue weighted by Crippen LogP contribution is -2.13. The Morgan fingerprint density at radius 2 is 1.82 bits per heavy atom. The van der Waals surface area contributed by atoms with Crippen LogP contribution in [0.4, 0.5) is 8.78 Å². The smallest absolute Gasteiger partial charge is 0.126 e. The molecule has 0 saturated heterocycles. The fourth-order valence-corrected chi connectivity index (χ4v) is 2.76. The Labute approximate surface area is 103 Å². The molecule has 1 heterocycles. The second-order valence-electron chi connectivity index (χ2n) is 4.10. The molecule has 0 fully saturated rings. The summed E-state index contributed by atoms with van der Waals surface area (Å²) < 4.78 is 26.0. The topological polar surface area (TPSA) is 26.0 Å². The number of halogens is 2. The van der Waals surface area contributed by atoms with Gasteiger partial charge in [-0.05, 0) is 52.9 Å². The molecule has 0 aliphatic carbocycles. The Kier molecular flexibility index (Phi) is 3.54. The molecular weight excluding hydrogens is 240 g/mol. The number of benzene rings is 1. The van der Waals surface area contributed by atoms with E-state index in [0.717, 1.165) is 17.2 Å². The summed E-state index contributed by atoms with van der Waals surface area (Å²) >= 11 is 1.58. The molecule has 2 N–H and O–H groups in total. The largest absolute Gasteiger partial charge is 0.324 e. The van der Waals surface area contributed by atoms with E-state index in [2.05, 4.69) is 0 Å². The summed E-state index contributed by atoms with van der Waals surface area (Å²) in [5.74, 6) is -1.12. The van der Waals surface area contributed by atoms with Gasteiger partial charge in [0.05, 0.1) is 0 Å². The zero-order chi connectivity index (χ0) is 12.4. The first-order valence-corrected chi connectivity index (χ1v) is 6.24. The summed E-state index contributed by atoms with van der Waals surface area (Å²) in [6, 6.07) is 3.29. The monoisotopic (exact) mass is 253 g/mol. The van der Waals surface area contributed by atoms with Gasteiger partial charge in [-0.2, -0.15) is 11.3 Å². The van der Waals surface area contributed by atoms with Gasteiger partial charge in [-0.15, -0.1) is 0 Å². The van der Waals surface area contributed by atoms with E-state index in [1.54, 1.807) is 11.3 Å². The molecule has 0 aliphatic heterocycles. The molecule has 1 unspecified atom stereocenters. The van der Waals surface area contributed by atoms with Crippen LogP contribution in [0.5, 0.6) is 0 Å². The number of hydrogen-bond acceptors (Lipinski definition) is 2. The summed E-state index contributed by atoms with van der Waals surface area (Å²) in [5, 5.41) is 4.00. The minimum atomic E-state index is -0.561. The van der Waals surface area contributed by atoms with Gasteiger partial charge in [0.1, 0.15) is 11.6 Å². The van der Waals surface area contributed by atoms with E-state index in [1.165, 1.54) is 12.1 Å². The molecule has 2 rings (SSSR count). The Morgan fingerprint density at radius 3 is 2.35 bits per heavy atom. The van der Waals surface area contributed by atoms with Crippen molar-refractivity contribution in [3.63, 3.8) is 0 Å². The SMILES string of the molecule is Cc1cscc1C(N)Cc1cc(F)cc(F)c1. The summed E-state index contributed by atoms with van der Waals surface area (Å²) in [7, 11) is 0. The van der Waals surface area contributed by atoms with Crippen molar-refractivity contribution in [2.24, 2.45) is 5.73 Å². The van der Waals surface area contributed by atoms with Crippen molar-refractivity contribution in [1.82, 2.24) is 0 Å². The fourth-order valence-electron chi connectivity index (χ4n) is 1.84. The van der Waals surface area contributed by atoms with Crippen LogP contribution >= 0.6 is 11.3 Å². The lowest BCUT2D eigenvalue weighted by atomic mass is 9.99. The highest BCUT2D eigenvalue weighted by Gasteiger charge is 2.11. The Hall–Kier alpha value is -1.26. The molecule has 1 atom stereocenters. The molecule has 90 valence electrons. The second-order valence-corrected chi connectivity index (χ2v) is 4.84. The first-order valence-electron chi connectivity index (χ1n) is 5.29. The van der Waals surface area contributed by atoms with Crippen LogP contribution in [0, 0.1) is 18.6 Å². The van der Waals surface area contributed by atoms with Gasteiger partial charge in [-0.3, -0.25) is 0 Å². The Balaban J connectivity index is 2.18. The molecule has 0 saturated carbocycles. The van der Waals surface area contributed by atoms with E-state index in [-0.39, 0.29) is 6.04 Å². The lowest BCUT2D eigenvalue weighted by Gasteiger charge is -2.11. The van der Waals surface area contributed by atoms with E-state index >= 15 is 0 Å². The predicted octanol–water partition coefficient (Wildman–Crippen LogP) is 3.58. The first-order chi connectivity index (χ1) is 8.06. The Bertz CT molecular complexity index is 502. The zero-order valence-electron chi connectivity index (χ0n) is 9.41. The number of thiophene rings is 1. The minimum Gasteiger partial charge on any atom is -0.324 e. The summed E-state index contributed by atoms with van der Waals surface area (Å²) in [4.78, 5) is 0. The zero-order valence-corrected chi connectivity index (χ0v) is 10.2. The van der Waals surface area contributed by atoms with Crippen LogP contribution in [-0.4, -0.2) is 0 Å². The molecule has 0 aliphatic rings. The van der Waals surface area contributed by atoms with Gasteiger partial charge in [-0.25, -0.2) is 8.78 Å². The molecule has 17 heavy (non-hydrogen) atoms. The van der Waals surface area contributed by atoms with Gasteiger partial charge < -0.3 is 5.73 Å². The highest BCUT2D eigenvalue weighted by Crippen LogP contribution is 2.23. The maximum absolute atomic E-state index is 13.0. The first kappa shape index (κ1) is 12.2. The molecule has 1 nitrogen and oxygen atoms in total. The molecule has 1 aromatic heterocycles. The summed E-state index contributed by atoms with van der Waals surface area (Å²) in [6.45, 7) is 1.98. The van der Waals surface area contributed by atoms with E-state index in [9.17, 15) is 8.78 Å². The lowest BCUT2D eigenvalue weighted by molar-refractivity contribution is 0.576. The van der Waals surface area contributed by atoms with Crippen molar-refractivity contribution in [2.75, 3.05) is 0 Å². The standard InChI is InChI=1S/C13H13F2NS/c1-8-6-17-7-12(8)13(16)4-9-2-10(14)5-11(15)3-9/h2-3,5-7,13H,4,16H2,1H3. The van der Waals surface area contributed by atoms with Gasteiger partial charge >= 0.3 is 0 Å². The molecular formula is C13H13F2NS. The third-order valence-corrected chi connectivity index (χ3v) is 3.55. The maximum Gasteiger partial charge on any atom is 0.126 e. The molecule has 0 spiro atoms.